The van der Waals surface area contributed by atoms with Crippen molar-refractivity contribution in [2.75, 3.05) is 6.26 Å². The van der Waals surface area contributed by atoms with Crippen molar-refractivity contribution in [3.05, 3.63) is 34.9 Å². The Morgan fingerprint density at radius 2 is 1.54 bits per heavy atom. The number of carbonyl (C=O) groups is 1. The first kappa shape index (κ1) is 25.5. The van der Waals surface area contributed by atoms with Crippen LogP contribution in [0, 0.1) is 0 Å². The summed E-state index contributed by atoms with van der Waals surface area (Å²) in [6, 6.07) is 6.94. The molecule has 28 heavy (non-hydrogen) atoms. The SMILES string of the molecule is CS(=O)(=O)NC(CCCCCCCCCC(Cl)(Cl)C(=O)O)c1ccc(Cl)cc1. The van der Waals surface area contributed by atoms with E-state index in [9.17, 15) is 13.2 Å². The van der Waals surface area contributed by atoms with Gasteiger partial charge in [0.25, 0.3) is 0 Å². The molecule has 0 amide bonds. The molecule has 2 N–H and O–H groups in total. The number of alkyl halides is 2. The van der Waals surface area contributed by atoms with E-state index < -0.39 is 20.3 Å². The average Bonchev–Trinajstić information content (AvgIpc) is 2.58. The molecule has 0 aliphatic heterocycles. The minimum atomic E-state index is -3.30. The maximum atomic E-state index is 11.6. The number of rotatable bonds is 14. The van der Waals surface area contributed by atoms with E-state index in [1.54, 1.807) is 12.1 Å². The van der Waals surface area contributed by atoms with Gasteiger partial charge >= 0.3 is 5.97 Å². The van der Waals surface area contributed by atoms with Crippen molar-refractivity contribution >= 4 is 50.8 Å². The standard InChI is InChI=1S/C19H28Cl3NO4S/c1-28(26,27)23-17(15-10-12-16(20)13-11-15)9-7-5-3-2-4-6-8-14-19(21,22)18(24)25/h10-13,17,23H,2-9,14H2,1H3,(H,24,25). The topological polar surface area (TPSA) is 83.5 Å². The highest BCUT2D eigenvalue weighted by molar-refractivity contribution is 7.88. The molecule has 0 aliphatic carbocycles. The molecule has 1 rings (SSSR count). The Balaban J connectivity index is 2.27. The number of carboxylic acid groups (broad SMARTS) is 1. The van der Waals surface area contributed by atoms with Crippen LogP contribution < -0.4 is 4.72 Å². The maximum Gasteiger partial charge on any atom is 0.340 e. The fourth-order valence-electron chi connectivity index (χ4n) is 2.93. The predicted octanol–water partition coefficient (Wildman–Crippen LogP) is 5.70. The van der Waals surface area contributed by atoms with Gasteiger partial charge in [0.15, 0.2) is 0 Å². The highest BCUT2D eigenvalue weighted by Crippen LogP contribution is 2.28. The number of aliphatic carboxylic acids is 1. The van der Waals surface area contributed by atoms with Gasteiger partial charge in [-0.15, -0.1) is 0 Å². The molecule has 0 saturated heterocycles. The number of nitrogens with one attached hydrogen (secondary N) is 1. The molecule has 1 unspecified atom stereocenters. The highest BCUT2D eigenvalue weighted by atomic mass is 35.5. The van der Waals surface area contributed by atoms with E-state index in [4.69, 9.17) is 39.9 Å². The van der Waals surface area contributed by atoms with Gasteiger partial charge in [0, 0.05) is 11.1 Å². The molecule has 0 fully saturated rings. The molecular weight excluding hydrogens is 445 g/mol. The molecule has 1 aromatic carbocycles. The summed E-state index contributed by atoms with van der Waals surface area (Å²) in [5.74, 6) is -1.20. The van der Waals surface area contributed by atoms with Crippen molar-refractivity contribution in [3.8, 4) is 0 Å². The molecule has 0 aromatic heterocycles. The number of sulfonamides is 1. The number of halogens is 3. The van der Waals surface area contributed by atoms with E-state index in [1.807, 2.05) is 12.1 Å². The Bertz CT molecular complexity index is 708. The molecule has 160 valence electrons. The quantitative estimate of drug-likeness (QED) is 0.269. The van der Waals surface area contributed by atoms with Crippen LogP contribution >= 0.6 is 34.8 Å². The first-order chi connectivity index (χ1) is 13.0. The largest absolute Gasteiger partial charge is 0.479 e. The lowest BCUT2D eigenvalue weighted by Gasteiger charge is -2.18. The zero-order valence-electron chi connectivity index (χ0n) is 16.0. The molecular formula is C19H28Cl3NO4S. The highest BCUT2D eigenvalue weighted by Gasteiger charge is 2.32. The van der Waals surface area contributed by atoms with Gasteiger partial charge in [-0.1, -0.05) is 85.5 Å². The molecule has 0 bridgehead atoms. The van der Waals surface area contributed by atoms with Gasteiger partial charge in [-0.3, -0.25) is 0 Å². The molecule has 9 heteroatoms. The molecule has 5 nitrogen and oxygen atoms in total. The van der Waals surface area contributed by atoms with Gasteiger partial charge in [0.05, 0.1) is 6.26 Å². The summed E-state index contributed by atoms with van der Waals surface area (Å²) >= 11 is 17.3. The first-order valence-electron chi connectivity index (χ1n) is 9.35. The Morgan fingerprint density at radius 1 is 1.04 bits per heavy atom. The van der Waals surface area contributed by atoms with Gasteiger partial charge in [0.1, 0.15) is 0 Å². The van der Waals surface area contributed by atoms with Crippen LogP contribution in [0.15, 0.2) is 24.3 Å². The second-order valence-corrected chi connectivity index (χ2v) is 10.7. The molecule has 0 aliphatic rings. The van der Waals surface area contributed by atoms with Crippen LogP contribution in [0.4, 0.5) is 0 Å². The van der Waals surface area contributed by atoms with Gasteiger partial charge in [-0.05, 0) is 37.0 Å². The number of hydrogen-bond acceptors (Lipinski definition) is 3. The lowest BCUT2D eigenvalue weighted by molar-refractivity contribution is -0.138. The van der Waals surface area contributed by atoms with Gasteiger partial charge in [-0.25, -0.2) is 17.9 Å². The fraction of sp³-hybridized carbons (Fsp3) is 0.632. The molecule has 0 heterocycles. The Labute approximate surface area is 182 Å². The van der Waals surface area contributed by atoms with Gasteiger partial charge in [-0.2, -0.15) is 0 Å². The van der Waals surface area contributed by atoms with Crippen LogP contribution in [0.5, 0.6) is 0 Å². The smallest absolute Gasteiger partial charge is 0.340 e. The van der Waals surface area contributed by atoms with E-state index >= 15 is 0 Å². The summed E-state index contributed by atoms with van der Waals surface area (Å²) < 4.78 is 24.3. The third-order valence-corrected chi connectivity index (χ3v) is 6.09. The van der Waals surface area contributed by atoms with Crippen LogP contribution in [0.3, 0.4) is 0 Å². The zero-order chi connectivity index (χ0) is 21.2. The average molecular weight is 473 g/mol. The van der Waals surface area contributed by atoms with Crippen molar-refractivity contribution in [2.45, 2.75) is 68.2 Å². The van der Waals surface area contributed by atoms with Crippen molar-refractivity contribution in [2.24, 2.45) is 0 Å². The van der Waals surface area contributed by atoms with E-state index in [1.165, 1.54) is 0 Å². The van der Waals surface area contributed by atoms with E-state index in [-0.39, 0.29) is 12.5 Å². The minimum Gasteiger partial charge on any atom is -0.479 e. The van der Waals surface area contributed by atoms with E-state index in [0.29, 0.717) is 17.9 Å². The van der Waals surface area contributed by atoms with Crippen LogP contribution in [-0.4, -0.2) is 30.1 Å². The number of unbranched alkanes of at least 4 members (excludes halogenated alkanes) is 6. The molecule has 1 atom stereocenters. The number of benzene rings is 1. The van der Waals surface area contributed by atoms with Crippen LogP contribution in [0.1, 0.15) is 69.4 Å². The van der Waals surface area contributed by atoms with E-state index in [2.05, 4.69) is 4.72 Å². The third kappa shape index (κ3) is 10.9. The lowest BCUT2D eigenvalue weighted by Crippen LogP contribution is -2.27. The summed E-state index contributed by atoms with van der Waals surface area (Å²) in [6.07, 6.45) is 8.66. The molecule has 0 spiro atoms. The molecule has 0 saturated carbocycles. The second-order valence-electron chi connectivity index (χ2n) is 7.02. The fourth-order valence-corrected chi connectivity index (χ4v) is 4.10. The molecule has 1 aromatic rings. The summed E-state index contributed by atoms with van der Waals surface area (Å²) in [5, 5.41) is 9.46. The maximum absolute atomic E-state index is 11.6. The van der Waals surface area contributed by atoms with Crippen LogP contribution in [-0.2, 0) is 14.8 Å². The molecule has 0 radical (unpaired) electrons. The number of carboxylic acids is 1. The lowest BCUT2D eigenvalue weighted by atomic mass is 10.00. The summed E-state index contributed by atoms with van der Waals surface area (Å²) in [7, 11) is -3.30. The first-order valence-corrected chi connectivity index (χ1v) is 12.4. The Hall–Kier alpha value is -0.530. The van der Waals surface area contributed by atoms with Crippen molar-refractivity contribution in [1.82, 2.24) is 4.72 Å². The Kier molecular flexibility index (Phi) is 11.1. The van der Waals surface area contributed by atoms with Gasteiger partial charge in [0.2, 0.25) is 14.4 Å². The zero-order valence-corrected chi connectivity index (χ0v) is 19.0. The minimum absolute atomic E-state index is 0.241. The van der Waals surface area contributed by atoms with Gasteiger partial charge < -0.3 is 5.11 Å². The monoisotopic (exact) mass is 471 g/mol. The van der Waals surface area contributed by atoms with Crippen molar-refractivity contribution in [1.29, 1.82) is 0 Å². The van der Waals surface area contributed by atoms with Crippen molar-refractivity contribution < 1.29 is 18.3 Å². The normalized spacial score (nSPS) is 13.4. The van der Waals surface area contributed by atoms with Crippen LogP contribution in [0.2, 0.25) is 5.02 Å². The van der Waals surface area contributed by atoms with E-state index in [0.717, 1.165) is 50.3 Å². The van der Waals surface area contributed by atoms with Crippen molar-refractivity contribution in [3.63, 3.8) is 0 Å². The second kappa shape index (κ2) is 12.2. The summed E-state index contributed by atoms with van der Waals surface area (Å²) in [4.78, 5) is 10.8. The predicted molar refractivity (Wildman–Crippen MR) is 116 cm³/mol. The van der Waals surface area contributed by atoms with Crippen LogP contribution in [0.25, 0.3) is 0 Å². The Morgan fingerprint density at radius 3 is 2.04 bits per heavy atom. The summed E-state index contributed by atoms with van der Waals surface area (Å²) in [6.45, 7) is 0. The third-order valence-electron chi connectivity index (χ3n) is 4.43. The summed E-state index contributed by atoms with van der Waals surface area (Å²) in [5.41, 5.74) is 0.902. The number of hydrogen-bond donors (Lipinski definition) is 2.